The maximum absolute atomic E-state index is 14.2. The summed E-state index contributed by atoms with van der Waals surface area (Å²) in [5.74, 6) is -3.02. The van der Waals surface area contributed by atoms with Crippen LogP contribution in [0, 0.1) is 17.6 Å². The predicted molar refractivity (Wildman–Crippen MR) is 114 cm³/mol. The molecule has 1 spiro atoms. The second-order valence-corrected chi connectivity index (χ2v) is 9.59. The summed E-state index contributed by atoms with van der Waals surface area (Å²) in [6, 6.07) is 5.39. The maximum Gasteiger partial charge on any atom is 0.416 e. The lowest BCUT2D eigenvalue weighted by atomic mass is 9.75. The van der Waals surface area contributed by atoms with Crippen LogP contribution in [0.1, 0.15) is 41.5 Å². The number of nitrogens with zero attached hydrogens (tertiary/aromatic N) is 1. The number of fused-ring (bicyclic) bond motifs is 2. The van der Waals surface area contributed by atoms with E-state index in [0.29, 0.717) is 24.1 Å². The highest BCUT2D eigenvalue weighted by molar-refractivity contribution is 6.30. The number of carbonyl (C=O) groups excluding carboxylic acids is 1. The van der Waals surface area contributed by atoms with Gasteiger partial charge in [-0.15, -0.1) is 0 Å². The Kier molecular flexibility index (Phi) is 5.85. The molecular weight excluding hydrogens is 479 g/mol. The number of alkyl halides is 3. The van der Waals surface area contributed by atoms with Gasteiger partial charge in [0.1, 0.15) is 5.60 Å². The van der Waals surface area contributed by atoms with Crippen LogP contribution < -0.4 is 5.32 Å². The van der Waals surface area contributed by atoms with Crippen LogP contribution in [-0.4, -0.2) is 29.9 Å². The first kappa shape index (κ1) is 23.5. The first-order valence-electron chi connectivity index (χ1n) is 11.1. The fraction of sp³-hybridized carbons (Fsp3) is 0.458. The van der Waals surface area contributed by atoms with Gasteiger partial charge in [0.05, 0.1) is 18.1 Å². The van der Waals surface area contributed by atoms with Crippen LogP contribution in [0.4, 0.5) is 22.0 Å². The molecule has 3 aliphatic rings. The van der Waals surface area contributed by atoms with E-state index in [0.717, 1.165) is 37.1 Å². The third-order valence-electron chi connectivity index (χ3n) is 6.88. The Labute approximate surface area is 198 Å². The van der Waals surface area contributed by atoms with Gasteiger partial charge in [-0.25, -0.2) is 8.78 Å². The highest BCUT2D eigenvalue weighted by Gasteiger charge is 2.53. The Bertz CT molecular complexity index is 1140. The molecule has 2 aromatic rings. The quantitative estimate of drug-likeness (QED) is 0.589. The normalized spacial score (nSPS) is 24.4. The van der Waals surface area contributed by atoms with E-state index in [4.69, 9.17) is 16.3 Å². The number of amides is 1. The van der Waals surface area contributed by atoms with Crippen molar-refractivity contribution in [3.8, 4) is 0 Å². The van der Waals surface area contributed by atoms with E-state index in [-0.39, 0.29) is 42.2 Å². The largest absolute Gasteiger partial charge is 0.416 e. The maximum atomic E-state index is 14.2. The predicted octanol–water partition coefficient (Wildman–Crippen LogP) is 5.16. The van der Waals surface area contributed by atoms with Crippen LogP contribution in [0.3, 0.4) is 0 Å². The average Bonchev–Trinajstić information content (AvgIpc) is 3.57. The van der Waals surface area contributed by atoms with Crippen molar-refractivity contribution in [2.45, 2.75) is 50.2 Å². The molecule has 10 heteroatoms. The number of hydrogen-bond donors (Lipinski definition) is 1. The number of carbonyl (C=O) groups is 1. The van der Waals surface area contributed by atoms with Crippen molar-refractivity contribution in [1.82, 2.24) is 10.2 Å². The lowest BCUT2D eigenvalue weighted by Crippen LogP contribution is -2.55. The van der Waals surface area contributed by atoms with Crippen molar-refractivity contribution in [1.29, 1.82) is 0 Å². The molecule has 1 saturated carbocycles. The van der Waals surface area contributed by atoms with Crippen molar-refractivity contribution < 1.29 is 31.5 Å². The molecule has 182 valence electrons. The minimum Gasteiger partial charge on any atom is -0.365 e. The van der Waals surface area contributed by atoms with Gasteiger partial charge in [0.25, 0.3) is 0 Å². The topological polar surface area (TPSA) is 41.6 Å². The Hall–Kier alpha value is -2.23. The van der Waals surface area contributed by atoms with E-state index in [1.807, 2.05) is 0 Å². The smallest absolute Gasteiger partial charge is 0.365 e. The summed E-state index contributed by atoms with van der Waals surface area (Å²) in [7, 11) is 0. The summed E-state index contributed by atoms with van der Waals surface area (Å²) in [4.78, 5) is 15.4. The second kappa shape index (κ2) is 8.46. The zero-order valence-corrected chi connectivity index (χ0v) is 18.8. The van der Waals surface area contributed by atoms with Gasteiger partial charge in [-0.2, -0.15) is 13.2 Å². The molecule has 2 aliphatic heterocycles. The van der Waals surface area contributed by atoms with Gasteiger partial charge in [-0.05, 0) is 72.8 Å². The molecule has 2 fully saturated rings. The van der Waals surface area contributed by atoms with Crippen LogP contribution >= 0.6 is 11.6 Å². The van der Waals surface area contributed by atoms with Crippen molar-refractivity contribution in [2.75, 3.05) is 13.1 Å². The van der Waals surface area contributed by atoms with E-state index in [1.165, 1.54) is 6.07 Å². The molecule has 2 atom stereocenters. The average molecular weight is 501 g/mol. The Morgan fingerprint density at radius 2 is 1.88 bits per heavy atom. The van der Waals surface area contributed by atoms with E-state index >= 15 is 0 Å². The molecule has 0 unspecified atom stereocenters. The van der Waals surface area contributed by atoms with Crippen molar-refractivity contribution in [3.05, 3.63) is 69.2 Å². The number of rotatable bonds is 4. The molecule has 1 aliphatic carbocycles. The standard InChI is InChI=1S/C24H22ClF5N2O2/c25-16-6-13(5-15(8-16)24(28,29)30)11-32(17-1-2-17)22(33)19-10-31-4-3-23(19)18-9-21(27)20(26)7-14(18)12-34-23/h5-9,17,19,31H,1-4,10-12H2/t19-,23+/m1/s1. The SMILES string of the molecule is O=C([C@H]1CNCC[C@@]12OCc1cc(F)c(F)cc12)N(Cc1cc(Cl)cc(C(F)(F)F)c1)C1CC1. The van der Waals surface area contributed by atoms with Crippen LogP contribution in [0.2, 0.25) is 5.02 Å². The number of piperidine rings is 1. The summed E-state index contributed by atoms with van der Waals surface area (Å²) < 4.78 is 73.9. The Balaban J connectivity index is 1.48. The number of halogens is 6. The molecule has 0 radical (unpaired) electrons. The van der Waals surface area contributed by atoms with E-state index in [1.54, 1.807) is 4.90 Å². The van der Waals surface area contributed by atoms with E-state index < -0.39 is 34.9 Å². The molecule has 1 N–H and O–H groups in total. The van der Waals surface area contributed by atoms with Crippen LogP contribution in [0.5, 0.6) is 0 Å². The van der Waals surface area contributed by atoms with Gasteiger partial charge in [0.2, 0.25) is 5.91 Å². The zero-order chi connectivity index (χ0) is 24.3. The second-order valence-electron chi connectivity index (χ2n) is 9.15. The number of hydrogen-bond acceptors (Lipinski definition) is 3. The lowest BCUT2D eigenvalue weighted by molar-refractivity contribution is -0.157. The highest BCUT2D eigenvalue weighted by atomic mass is 35.5. The first-order chi connectivity index (χ1) is 16.1. The summed E-state index contributed by atoms with van der Waals surface area (Å²) in [6.07, 6.45) is -2.70. The molecular formula is C24H22ClF5N2O2. The first-order valence-corrected chi connectivity index (χ1v) is 11.5. The summed E-state index contributed by atoms with van der Waals surface area (Å²) in [5, 5.41) is 3.11. The van der Waals surface area contributed by atoms with Crippen LogP contribution in [0.15, 0.2) is 30.3 Å². The monoisotopic (exact) mass is 500 g/mol. The van der Waals surface area contributed by atoms with Crippen LogP contribution in [-0.2, 0) is 34.5 Å². The molecule has 2 heterocycles. The molecule has 1 saturated heterocycles. The minimum atomic E-state index is -4.56. The Morgan fingerprint density at radius 1 is 1.15 bits per heavy atom. The molecule has 4 nitrogen and oxygen atoms in total. The zero-order valence-electron chi connectivity index (χ0n) is 18.0. The van der Waals surface area contributed by atoms with E-state index in [2.05, 4.69) is 5.32 Å². The van der Waals surface area contributed by atoms with Crippen molar-refractivity contribution >= 4 is 17.5 Å². The van der Waals surface area contributed by atoms with Gasteiger partial charge in [-0.1, -0.05) is 11.6 Å². The third-order valence-corrected chi connectivity index (χ3v) is 7.10. The van der Waals surface area contributed by atoms with Crippen LogP contribution in [0.25, 0.3) is 0 Å². The molecule has 2 aromatic carbocycles. The highest BCUT2D eigenvalue weighted by Crippen LogP contribution is 2.48. The summed E-state index contributed by atoms with van der Waals surface area (Å²) >= 11 is 5.95. The summed E-state index contributed by atoms with van der Waals surface area (Å²) in [6.45, 7) is 0.798. The Morgan fingerprint density at radius 3 is 2.59 bits per heavy atom. The third kappa shape index (κ3) is 4.18. The fourth-order valence-corrected chi connectivity index (χ4v) is 5.36. The van der Waals surface area contributed by atoms with Gasteiger partial charge >= 0.3 is 6.18 Å². The van der Waals surface area contributed by atoms with Crippen molar-refractivity contribution in [3.63, 3.8) is 0 Å². The molecule has 1 amide bonds. The number of benzene rings is 2. The molecule has 34 heavy (non-hydrogen) atoms. The van der Waals surface area contributed by atoms with Gasteiger partial charge < -0.3 is 15.0 Å². The van der Waals surface area contributed by atoms with Gasteiger partial charge in [0, 0.05) is 24.2 Å². The molecule has 0 aromatic heterocycles. The summed E-state index contributed by atoms with van der Waals surface area (Å²) in [5.41, 5.74) is -0.756. The number of nitrogens with one attached hydrogen (secondary N) is 1. The fourth-order valence-electron chi connectivity index (χ4n) is 5.10. The lowest BCUT2D eigenvalue weighted by Gasteiger charge is -2.43. The molecule has 5 rings (SSSR count). The van der Waals surface area contributed by atoms with Crippen molar-refractivity contribution in [2.24, 2.45) is 5.92 Å². The van der Waals surface area contributed by atoms with Gasteiger partial charge in [-0.3, -0.25) is 4.79 Å². The van der Waals surface area contributed by atoms with E-state index in [9.17, 15) is 26.7 Å². The van der Waals surface area contributed by atoms with Gasteiger partial charge in [0.15, 0.2) is 11.6 Å². The number of ether oxygens (including phenoxy) is 1. The minimum absolute atomic E-state index is 0.0373. The molecule has 0 bridgehead atoms.